The number of rotatable bonds is 4. The molecule has 2 aromatic rings. The normalized spacial score (nSPS) is 17.1. The zero-order valence-corrected chi connectivity index (χ0v) is 11.8. The Labute approximate surface area is 116 Å². The Morgan fingerprint density at radius 2 is 1.95 bits per heavy atom. The molecule has 0 amide bonds. The van der Waals surface area contributed by atoms with Crippen molar-refractivity contribution in [2.75, 3.05) is 32.7 Å². The van der Waals surface area contributed by atoms with Gasteiger partial charge in [0.05, 0.1) is 10.1 Å². The molecule has 1 N–H and O–H groups in total. The van der Waals surface area contributed by atoms with Crippen LogP contribution in [0.5, 0.6) is 0 Å². The van der Waals surface area contributed by atoms with E-state index < -0.39 is 0 Å². The second-order valence-corrected chi connectivity index (χ2v) is 6.00. The molecule has 0 aliphatic carbocycles. The van der Waals surface area contributed by atoms with Gasteiger partial charge < -0.3 is 10.2 Å². The van der Waals surface area contributed by atoms with Crippen LogP contribution in [0.4, 0.5) is 0 Å². The first kappa shape index (κ1) is 12.8. The summed E-state index contributed by atoms with van der Waals surface area (Å²) in [4.78, 5) is 14.6. The second kappa shape index (κ2) is 5.86. The van der Waals surface area contributed by atoms with Gasteiger partial charge in [0.25, 0.3) is 5.56 Å². The Morgan fingerprint density at radius 3 is 2.74 bits per heavy atom. The highest BCUT2D eigenvalue weighted by Gasteiger charge is 2.10. The first-order valence-corrected chi connectivity index (χ1v) is 7.64. The molecular formula is C14H19N3OS. The fourth-order valence-corrected chi connectivity index (χ4v) is 3.57. The number of hydrogen-bond acceptors (Lipinski definition) is 4. The van der Waals surface area contributed by atoms with E-state index in [1.54, 1.807) is 11.5 Å². The summed E-state index contributed by atoms with van der Waals surface area (Å²) in [5.74, 6) is 0. The number of nitrogens with zero attached hydrogens (tertiary/aromatic N) is 2. The fraction of sp³-hybridized carbons (Fsp3) is 0.500. The van der Waals surface area contributed by atoms with E-state index in [2.05, 4.69) is 10.2 Å². The summed E-state index contributed by atoms with van der Waals surface area (Å²) in [6.07, 6.45) is 1.05. The molecule has 0 radical (unpaired) electrons. The summed E-state index contributed by atoms with van der Waals surface area (Å²) in [5, 5.41) is 4.21. The number of hydrogen-bond donors (Lipinski definition) is 1. The van der Waals surface area contributed by atoms with Gasteiger partial charge in [-0.05, 0) is 25.1 Å². The van der Waals surface area contributed by atoms with Crippen LogP contribution in [0.25, 0.3) is 10.1 Å². The fourth-order valence-electron chi connectivity index (χ4n) is 2.54. The molecule has 1 aliphatic rings. The number of aryl methyl sites for hydroxylation is 1. The third-order valence-electron chi connectivity index (χ3n) is 3.60. The highest BCUT2D eigenvalue weighted by atomic mass is 32.1. The van der Waals surface area contributed by atoms with Gasteiger partial charge in [-0.1, -0.05) is 23.7 Å². The molecule has 0 unspecified atom stereocenters. The Kier molecular flexibility index (Phi) is 3.96. The van der Waals surface area contributed by atoms with Gasteiger partial charge in [0.2, 0.25) is 0 Å². The van der Waals surface area contributed by atoms with Gasteiger partial charge in [0.1, 0.15) is 0 Å². The van der Waals surface area contributed by atoms with Gasteiger partial charge in [-0.25, -0.2) is 0 Å². The van der Waals surface area contributed by atoms with Crippen molar-refractivity contribution in [1.29, 1.82) is 0 Å². The van der Waals surface area contributed by atoms with Crippen molar-refractivity contribution in [3.8, 4) is 0 Å². The highest BCUT2D eigenvalue weighted by molar-refractivity contribution is 7.13. The Balaban J connectivity index is 1.62. The van der Waals surface area contributed by atoms with E-state index in [1.165, 1.54) is 0 Å². The molecule has 1 saturated heterocycles. The van der Waals surface area contributed by atoms with Crippen LogP contribution in [0, 0.1) is 0 Å². The average Bonchev–Trinajstić information content (AvgIpc) is 2.78. The van der Waals surface area contributed by atoms with Gasteiger partial charge in [0.15, 0.2) is 0 Å². The molecule has 102 valence electrons. The monoisotopic (exact) mass is 277 g/mol. The van der Waals surface area contributed by atoms with Crippen LogP contribution < -0.4 is 10.9 Å². The minimum Gasteiger partial charge on any atom is -0.314 e. The molecule has 1 aromatic carbocycles. The number of piperazine rings is 1. The third kappa shape index (κ3) is 2.88. The van der Waals surface area contributed by atoms with E-state index in [0.717, 1.165) is 55.8 Å². The SMILES string of the molecule is O=c1c2ccccc2sn1CCCN1CCNCC1. The van der Waals surface area contributed by atoms with Crippen LogP contribution in [0.15, 0.2) is 29.1 Å². The van der Waals surface area contributed by atoms with E-state index in [9.17, 15) is 4.79 Å². The molecule has 1 aromatic heterocycles. The van der Waals surface area contributed by atoms with Crippen molar-refractivity contribution in [2.45, 2.75) is 13.0 Å². The molecule has 1 aliphatic heterocycles. The minimum absolute atomic E-state index is 0.168. The first-order chi connectivity index (χ1) is 9.34. The lowest BCUT2D eigenvalue weighted by Gasteiger charge is -2.26. The first-order valence-electron chi connectivity index (χ1n) is 6.86. The Bertz CT molecular complexity index is 598. The maximum atomic E-state index is 12.2. The van der Waals surface area contributed by atoms with Crippen LogP contribution in [0.3, 0.4) is 0 Å². The van der Waals surface area contributed by atoms with Crippen LogP contribution in [0.2, 0.25) is 0 Å². The maximum absolute atomic E-state index is 12.2. The summed E-state index contributed by atoms with van der Waals surface area (Å²) in [5.41, 5.74) is 0.168. The van der Waals surface area contributed by atoms with Crippen LogP contribution >= 0.6 is 11.5 Å². The van der Waals surface area contributed by atoms with Gasteiger partial charge in [-0.3, -0.25) is 8.75 Å². The molecule has 0 bridgehead atoms. The van der Waals surface area contributed by atoms with Crippen molar-refractivity contribution in [3.63, 3.8) is 0 Å². The third-order valence-corrected chi connectivity index (χ3v) is 4.72. The largest absolute Gasteiger partial charge is 0.314 e. The minimum atomic E-state index is 0.168. The van der Waals surface area contributed by atoms with Crippen molar-refractivity contribution < 1.29 is 0 Å². The highest BCUT2D eigenvalue weighted by Crippen LogP contribution is 2.16. The molecule has 5 heteroatoms. The van der Waals surface area contributed by atoms with Crippen molar-refractivity contribution in [2.24, 2.45) is 0 Å². The molecule has 0 spiro atoms. The molecular weight excluding hydrogens is 258 g/mol. The predicted molar refractivity (Wildman–Crippen MR) is 80.0 cm³/mol. The topological polar surface area (TPSA) is 37.3 Å². The Hall–Kier alpha value is -1.17. The standard InChI is InChI=1S/C14H19N3OS/c18-14-12-4-1-2-5-13(12)19-17(14)9-3-8-16-10-6-15-7-11-16/h1-2,4-5,15H,3,6-11H2. The average molecular weight is 277 g/mol. The summed E-state index contributed by atoms with van der Waals surface area (Å²) in [6.45, 7) is 6.35. The lowest BCUT2D eigenvalue weighted by molar-refractivity contribution is 0.235. The van der Waals surface area contributed by atoms with Gasteiger partial charge in [-0.2, -0.15) is 0 Å². The number of fused-ring (bicyclic) bond motifs is 1. The lowest BCUT2D eigenvalue weighted by atomic mass is 10.3. The van der Waals surface area contributed by atoms with E-state index in [-0.39, 0.29) is 5.56 Å². The number of aromatic nitrogens is 1. The van der Waals surface area contributed by atoms with Gasteiger partial charge >= 0.3 is 0 Å². The number of benzene rings is 1. The Morgan fingerprint density at radius 1 is 1.16 bits per heavy atom. The zero-order valence-electron chi connectivity index (χ0n) is 11.0. The van der Waals surface area contributed by atoms with Crippen LogP contribution in [0.1, 0.15) is 6.42 Å². The van der Waals surface area contributed by atoms with Gasteiger partial charge in [-0.15, -0.1) is 0 Å². The molecule has 1 fully saturated rings. The van der Waals surface area contributed by atoms with E-state index >= 15 is 0 Å². The van der Waals surface area contributed by atoms with Crippen molar-refractivity contribution in [1.82, 2.24) is 14.2 Å². The van der Waals surface area contributed by atoms with Crippen molar-refractivity contribution in [3.05, 3.63) is 34.6 Å². The summed E-state index contributed by atoms with van der Waals surface area (Å²) in [7, 11) is 0. The molecule has 0 atom stereocenters. The zero-order chi connectivity index (χ0) is 13.1. The van der Waals surface area contributed by atoms with E-state index in [0.29, 0.717) is 0 Å². The van der Waals surface area contributed by atoms with Gasteiger partial charge in [0, 0.05) is 32.7 Å². The quantitative estimate of drug-likeness (QED) is 0.917. The summed E-state index contributed by atoms with van der Waals surface area (Å²) >= 11 is 1.58. The number of nitrogens with one attached hydrogen (secondary N) is 1. The molecule has 3 rings (SSSR count). The predicted octanol–water partition coefficient (Wildman–Crippen LogP) is 1.36. The lowest BCUT2D eigenvalue weighted by Crippen LogP contribution is -2.43. The van der Waals surface area contributed by atoms with E-state index in [1.807, 2.05) is 28.2 Å². The summed E-state index contributed by atoms with van der Waals surface area (Å²) < 4.78 is 2.99. The smallest absolute Gasteiger partial charge is 0.268 e. The molecule has 0 saturated carbocycles. The molecule has 2 heterocycles. The van der Waals surface area contributed by atoms with Crippen LogP contribution in [-0.2, 0) is 6.54 Å². The molecule has 19 heavy (non-hydrogen) atoms. The van der Waals surface area contributed by atoms with Crippen LogP contribution in [-0.4, -0.2) is 41.6 Å². The molecule has 4 nitrogen and oxygen atoms in total. The van der Waals surface area contributed by atoms with Crippen molar-refractivity contribution >= 4 is 21.6 Å². The summed E-state index contributed by atoms with van der Waals surface area (Å²) in [6, 6.07) is 7.86. The second-order valence-electron chi connectivity index (χ2n) is 4.94. The van der Waals surface area contributed by atoms with E-state index in [4.69, 9.17) is 0 Å². The maximum Gasteiger partial charge on any atom is 0.268 e.